The molecule has 1 atom stereocenters. The van der Waals surface area contributed by atoms with Crippen LogP contribution in [0.15, 0.2) is 16.8 Å². The van der Waals surface area contributed by atoms with Gasteiger partial charge in [-0.2, -0.15) is 11.3 Å². The first-order valence-corrected chi connectivity index (χ1v) is 5.36. The maximum absolute atomic E-state index is 9.69. The molecular formula is C10H18OS. The Morgan fingerprint density at radius 1 is 1.50 bits per heavy atom. The summed E-state index contributed by atoms with van der Waals surface area (Å²) in [6.07, 6.45) is 0.768. The summed E-state index contributed by atoms with van der Waals surface area (Å²) in [7, 11) is 0. The fourth-order valence-electron chi connectivity index (χ4n) is 0.775. The fourth-order valence-corrected chi connectivity index (χ4v) is 1.56. The van der Waals surface area contributed by atoms with Gasteiger partial charge in [0.2, 0.25) is 0 Å². The van der Waals surface area contributed by atoms with Crippen molar-refractivity contribution in [3.05, 3.63) is 22.4 Å². The first-order chi connectivity index (χ1) is 5.67. The van der Waals surface area contributed by atoms with E-state index in [4.69, 9.17) is 0 Å². The van der Waals surface area contributed by atoms with Crippen LogP contribution in [0.5, 0.6) is 0 Å². The van der Waals surface area contributed by atoms with Gasteiger partial charge in [-0.25, -0.2) is 0 Å². The lowest BCUT2D eigenvalue weighted by Crippen LogP contribution is -2.18. The molecule has 0 bridgehead atoms. The van der Waals surface area contributed by atoms with Crippen LogP contribution < -0.4 is 0 Å². The number of rotatable bonds is 2. The van der Waals surface area contributed by atoms with Crippen molar-refractivity contribution in [1.82, 2.24) is 0 Å². The molecule has 1 aromatic rings. The standard InChI is InChI=1S/C8H12OS.C2H6/c1-3-8(2,9)7-4-5-10-6-7;1-2/h4-6,9H,3H2,1-2H3;1-2H3. The van der Waals surface area contributed by atoms with Gasteiger partial charge in [-0.3, -0.25) is 0 Å². The van der Waals surface area contributed by atoms with Gasteiger partial charge in [-0.05, 0) is 35.7 Å². The van der Waals surface area contributed by atoms with Crippen LogP contribution in [0.1, 0.15) is 39.7 Å². The Kier molecular flexibility index (Phi) is 5.18. The minimum Gasteiger partial charge on any atom is -0.385 e. The summed E-state index contributed by atoms with van der Waals surface area (Å²) in [4.78, 5) is 0. The molecule has 0 aliphatic heterocycles. The van der Waals surface area contributed by atoms with Crippen LogP contribution in [0, 0.1) is 0 Å². The Balaban J connectivity index is 0.000000561. The molecule has 0 spiro atoms. The van der Waals surface area contributed by atoms with Gasteiger partial charge < -0.3 is 5.11 Å². The van der Waals surface area contributed by atoms with E-state index in [1.165, 1.54) is 0 Å². The molecule has 2 heteroatoms. The summed E-state index contributed by atoms with van der Waals surface area (Å²) >= 11 is 1.62. The smallest absolute Gasteiger partial charge is 0.0873 e. The maximum atomic E-state index is 9.69. The molecule has 0 saturated carbocycles. The van der Waals surface area contributed by atoms with Gasteiger partial charge in [0.05, 0.1) is 5.60 Å². The molecule has 1 unspecified atom stereocenters. The molecule has 1 nitrogen and oxygen atoms in total. The molecule has 70 valence electrons. The van der Waals surface area contributed by atoms with Gasteiger partial charge in [0, 0.05) is 0 Å². The van der Waals surface area contributed by atoms with E-state index in [0.29, 0.717) is 0 Å². The quantitative estimate of drug-likeness (QED) is 0.750. The molecule has 0 fully saturated rings. The summed E-state index contributed by atoms with van der Waals surface area (Å²) in [6, 6.07) is 1.97. The highest BCUT2D eigenvalue weighted by Crippen LogP contribution is 2.25. The number of aliphatic hydroxyl groups is 1. The largest absolute Gasteiger partial charge is 0.385 e. The van der Waals surface area contributed by atoms with E-state index >= 15 is 0 Å². The van der Waals surface area contributed by atoms with Crippen LogP contribution in [-0.2, 0) is 5.60 Å². The Bertz CT molecular complexity index is 190. The molecule has 0 aromatic carbocycles. The van der Waals surface area contributed by atoms with Crippen molar-refractivity contribution >= 4 is 11.3 Å². The van der Waals surface area contributed by atoms with Crippen LogP contribution >= 0.6 is 11.3 Å². The minimum absolute atomic E-state index is 0.625. The lowest BCUT2D eigenvalue weighted by atomic mass is 9.97. The molecule has 0 aliphatic carbocycles. The minimum atomic E-state index is -0.625. The van der Waals surface area contributed by atoms with Crippen LogP contribution in [0.2, 0.25) is 0 Å². The average molecular weight is 186 g/mol. The number of hydrogen-bond acceptors (Lipinski definition) is 2. The molecule has 1 N–H and O–H groups in total. The van der Waals surface area contributed by atoms with Crippen LogP contribution in [-0.4, -0.2) is 5.11 Å². The molecule has 1 rings (SSSR count). The van der Waals surface area contributed by atoms with Crippen LogP contribution in [0.25, 0.3) is 0 Å². The first kappa shape index (κ1) is 11.7. The van der Waals surface area contributed by atoms with Crippen molar-refractivity contribution in [3.63, 3.8) is 0 Å². The van der Waals surface area contributed by atoms with Crippen molar-refractivity contribution < 1.29 is 5.11 Å². The average Bonchev–Trinajstić information content (AvgIpc) is 2.61. The summed E-state index contributed by atoms with van der Waals surface area (Å²) in [5.41, 5.74) is 0.403. The van der Waals surface area contributed by atoms with Crippen LogP contribution in [0.3, 0.4) is 0 Å². The monoisotopic (exact) mass is 186 g/mol. The van der Waals surface area contributed by atoms with Gasteiger partial charge >= 0.3 is 0 Å². The molecule has 12 heavy (non-hydrogen) atoms. The lowest BCUT2D eigenvalue weighted by molar-refractivity contribution is 0.0535. The summed E-state index contributed by atoms with van der Waals surface area (Å²) in [6.45, 7) is 7.83. The van der Waals surface area contributed by atoms with E-state index < -0.39 is 5.60 Å². The Labute approximate surface area is 79.1 Å². The SMILES string of the molecule is CC.CCC(C)(O)c1ccsc1. The zero-order chi connectivity index (χ0) is 9.61. The molecule has 0 saturated heterocycles. The van der Waals surface area contributed by atoms with E-state index in [1.54, 1.807) is 11.3 Å². The van der Waals surface area contributed by atoms with Gasteiger partial charge in [0.15, 0.2) is 0 Å². The van der Waals surface area contributed by atoms with Crippen molar-refractivity contribution in [1.29, 1.82) is 0 Å². The number of hydrogen-bond donors (Lipinski definition) is 1. The molecule has 1 heterocycles. The predicted octanol–water partition coefficient (Wildman–Crippen LogP) is 3.39. The van der Waals surface area contributed by atoms with E-state index in [9.17, 15) is 5.11 Å². The summed E-state index contributed by atoms with van der Waals surface area (Å²) in [5.74, 6) is 0. The topological polar surface area (TPSA) is 20.2 Å². The number of thiophene rings is 1. The highest BCUT2D eigenvalue weighted by atomic mass is 32.1. The van der Waals surface area contributed by atoms with E-state index in [0.717, 1.165) is 12.0 Å². The second-order valence-corrected chi connectivity index (χ2v) is 3.42. The van der Waals surface area contributed by atoms with Gasteiger partial charge in [0.25, 0.3) is 0 Å². The third-order valence-corrected chi connectivity index (χ3v) is 2.51. The highest BCUT2D eigenvalue weighted by molar-refractivity contribution is 7.08. The van der Waals surface area contributed by atoms with Crippen molar-refractivity contribution in [3.8, 4) is 0 Å². The molecule has 0 radical (unpaired) electrons. The zero-order valence-electron chi connectivity index (χ0n) is 8.29. The molecule has 0 amide bonds. The van der Waals surface area contributed by atoms with Gasteiger partial charge in [-0.1, -0.05) is 20.8 Å². The summed E-state index contributed by atoms with van der Waals surface area (Å²) < 4.78 is 0. The second-order valence-electron chi connectivity index (χ2n) is 2.64. The Morgan fingerprint density at radius 2 is 2.08 bits per heavy atom. The Morgan fingerprint density at radius 3 is 2.42 bits per heavy atom. The second kappa shape index (κ2) is 5.33. The maximum Gasteiger partial charge on any atom is 0.0873 e. The third-order valence-electron chi connectivity index (χ3n) is 1.83. The highest BCUT2D eigenvalue weighted by Gasteiger charge is 2.19. The normalized spacial score (nSPS) is 14.4. The fraction of sp³-hybridized carbons (Fsp3) is 0.600. The van der Waals surface area contributed by atoms with E-state index in [2.05, 4.69) is 0 Å². The Hall–Kier alpha value is -0.340. The van der Waals surface area contributed by atoms with E-state index in [1.807, 2.05) is 44.5 Å². The van der Waals surface area contributed by atoms with E-state index in [-0.39, 0.29) is 0 Å². The van der Waals surface area contributed by atoms with Gasteiger partial charge in [0.1, 0.15) is 0 Å². The first-order valence-electron chi connectivity index (χ1n) is 4.42. The lowest BCUT2D eigenvalue weighted by Gasteiger charge is -2.19. The van der Waals surface area contributed by atoms with Crippen molar-refractivity contribution in [2.24, 2.45) is 0 Å². The zero-order valence-corrected chi connectivity index (χ0v) is 9.11. The molecule has 1 aromatic heterocycles. The molecule has 0 aliphatic rings. The van der Waals surface area contributed by atoms with Crippen molar-refractivity contribution in [2.45, 2.75) is 39.7 Å². The summed E-state index contributed by atoms with van der Waals surface area (Å²) in [5, 5.41) is 13.7. The molecular weight excluding hydrogens is 168 g/mol. The third kappa shape index (κ3) is 2.95. The van der Waals surface area contributed by atoms with Gasteiger partial charge in [-0.15, -0.1) is 0 Å². The van der Waals surface area contributed by atoms with Crippen molar-refractivity contribution in [2.75, 3.05) is 0 Å². The van der Waals surface area contributed by atoms with Crippen LogP contribution in [0.4, 0.5) is 0 Å². The predicted molar refractivity (Wildman–Crippen MR) is 55.5 cm³/mol.